The molecular formula is C9H22N4O3. The van der Waals surface area contributed by atoms with Crippen molar-refractivity contribution in [1.82, 2.24) is 16.3 Å². The lowest BCUT2D eigenvalue weighted by Gasteiger charge is -2.14. The van der Waals surface area contributed by atoms with Gasteiger partial charge in [0.1, 0.15) is 0 Å². The molecule has 0 aliphatic rings. The molecule has 0 spiro atoms. The highest BCUT2D eigenvalue weighted by molar-refractivity contribution is 5.68. The third-order valence-electron chi connectivity index (χ3n) is 1.77. The largest absolute Gasteiger partial charge is 0.373 e. The van der Waals surface area contributed by atoms with E-state index in [9.17, 15) is 4.79 Å². The number of rotatable bonds is 10. The molecule has 0 aromatic carbocycles. The van der Waals surface area contributed by atoms with Gasteiger partial charge in [-0.1, -0.05) is 6.92 Å². The third-order valence-corrected chi connectivity index (χ3v) is 1.77. The zero-order valence-electron chi connectivity index (χ0n) is 9.91. The maximum Gasteiger partial charge on any atom is 0.324 e. The summed E-state index contributed by atoms with van der Waals surface area (Å²) < 4.78 is 0. The lowest BCUT2D eigenvalue weighted by atomic mass is 10.3. The van der Waals surface area contributed by atoms with Crippen LogP contribution >= 0.6 is 0 Å². The molecule has 0 bridgehead atoms. The first-order chi connectivity index (χ1) is 7.70. The second-order valence-corrected chi connectivity index (χ2v) is 3.33. The number of hydrogen-bond acceptors (Lipinski definition) is 7. The van der Waals surface area contributed by atoms with Crippen LogP contribution in [0.3, 0.4) is 0 Å². The molecule has 0 aromatic heterocycles. The van der Waals surface area contributed by atoms with Gasteiger partial charge in [-0.3, -0.25) is 20.5 Å². The van der Waals surface area contributed by atoms with E-state index in [4.69, 9.17) is 4.84 Å². The molecule has 0 heterocycles. The maximum atomic E-state index is 10.6. The first-order valence-electron chi connectivity index (χ1n) is 5.44. The summed E-state index contributed by atoms with van der Waals surface area (Å²) in [7, 11) is 0. The van der Waals surface area contributed by atoms with E-state index in [1.165, 1.54) is 0 Å². The van der Waals surface area contributed by atoms with Crippen LogP contribution in [0, 0.1) is 0 Å². The molecule has 0 amide bonds. The number of nitrogens with one attached hydrogen (secondary N) is 3. The summed E-state index contributed by atoms with van der Waals surface area (Å²) in [6, 6.07) is 0. The fraction of sp³-hybridized carbons (Fsp3) is 0.889. The second kappa shape index (κ2) is 10.8. The molecule has 0 aromatic rings. The first-order valence-corrected chi connectivity index (χ1v) is 5.44. The van der Waals surface area contributed by atoms with Gasteiger partial charge in [0.15, 0.2) is 0 Å². The van der Waals surface area contributed by atoms with Gasteiger partial charge in [-0.15, -0.1) is 0 Å². The Kier molecular flexibility index (Phi) is 10.3. The zero-order chi connectivity index (χ0) is 12.2. The monoisotopic (exact) mass is 234 g/mol. The molecule has 0 rings (SSSR count). The van der Waals surface area contributed by atoms with Crippen molar-refractivity contribution in [3.8, 4) is 0 Å². The fourth-order valence-electron chi connectivity index (χ4n) is 0.948. The zero-order valence-corrected chi connectivity index (χ0v) is 9.91. The molecule has 96 valence electrons. The molecule has 0 radical (unpaired) electrons. The summed E-state index contributed by atoms with van der Waals surface area (Å²) in [6.45, 7) is 6.09. The number of carbonyl (C=O) groups excluding carboxylic acids is 1. The van der Waals surface area contributed by atoms with Gasteiger partial charge in [0.05, 0.1) is 6.10 Å². The van der Waals surface area contributed by atoms with Crippen molar-refractivity contribution >= 4 is 5.97 Å². The molecule has 1 atom stereocenters. The summed E-state index contributed by atoms with van der Waals surface area (Å²) in [5.74, 6) is 4.27. The van der Waals surface area contributed by atoms with E-state index in [1.54, 1.807) is 0 Å². The Labute approximate surface area is 95.9 Å². The van der Waals surface area contributed by atoms with Crippen LogP contribution in [0.2, 0.25) is 0 Å². The second-order valence-electron chi connectivity index (χ2n) is 3.33. The Balaban J connectivity index is 3.21. The van der Waals surface area contributed by atoms with Gasteiger partial charge >= 0.3 is 5.97 Å². The van der Waals surface area contributed by atoms with E-state index < -0.39 is 5.97 Å². The highest BCUT2D eigenvalue weighted by Crippen LogP contribution is 1.90. The van der Waals surface area contributed by atoms with Gasteiger partial charge in [0, 0.05) is 26.1 Å². The van der Waals surface area contributed by atoms with Crippen molar-refractivity contribution in [2.75, 3.05) is 19.6 Å². The lowest BCUT2D eigenvalue weighted by Crippen LogP contribution is -2.39. The summed E-state index contributed by atoms with van der Waals surface area (Å²) in [4.78, 5) is 19.9. The predicted octanol–water partition coefficient (Wildman–Crippen LogP) is -0.793. The van der Waals surface area contributed by atoms with Gasteiger partial charge in [-0.25, -0.2) is 5.48 Å². The SMILES string of the molecule is CCNNCC(C)ONCCCC(=O)ON. The van der Waals surface area contributed by atoms with Crippen molar-refractivity contribution in [3.05, 3.63) is 0 Å². The molecule has 16 heavy (non-hydrogen) atoms. The first kappa shape index (κ1) is 15.3. The molecule has 5 N–H and O–H groups in total. The van der Waals surface area contributed by atoms with Gasteiger partial charge < -0.3 is 4.84 Å². The van der Waals surface area contributed by atoms with Crippen molar-refractivity contribution in [1.29, 1.82) is 0 Å². The predicted molar refractivity (Wildman–Crippen MR) is 59.7 cm³/mol. The van der Waals surface area contributed by atoms with E-state index in [-0.39, 0.29) is 12.5 Å². The average Bonchev–Trinajstić information content (AvgIpc) is 2.28. The highest BCUT2D eigenvalue weighted by Gasteiger charge is 2.02. The van der Waals surface area contributed by atoms with E-state index >= 15 is 0 Å². The van der Waals surface area contributed by atoms with E-state index in [1.807, 2.05) is 13.8 Å². The van der Waals surface area contributed by atoms with Gasteiger partial charge in [0.2, 0.25) is 0 Å². The van der Waals surface area contributed by atoms with Gasteiger partial charge in [-0.2, -0.15) is 5.90 Å². The van der Waals surface area contributed by atoms with Crippen molar-refractivity contribution in [2.24, 2.45) is 5.90 Å². The molecular weight excluding hydrogens is 212 g/mol. The quantitative estimate of drug-likeness (QED) is 0.290. The van der Waals surface area contributed by atoms with Crippen molar-refractivity contribution < 1.29 is 14.5 Å². The minimum atomic E-state index is -0.413. The Hall–Kier alpha value is -0.730. The minimum Gasteiger partial charge on any atom is -0.373 e. The summed E-state index contributed by atoms with van der Waals surface area (Å²) in [5.41, 5.74) is 8.74. The number of nitrogens with two attached hydrogens (primary N) is 1. The van der Waals surface area contributed by atoms with Crippen LogP contribution in [-0.4, -0.2) is 31.7 Å². The van der Waals surface area contributed by atoms with Crippen LogP contribution in [0.15, 0.2) is 0 Å². The summed E-state index contributed by atoms with van der Waals surface area (Å²) in [6.07, 6.45) is 0.959. The molecule has 0 fully saturated rings. The van der Waals surface area contributed by atoms with Crippen LogP contribution in [0.4, 0.5) is 0 Å². The van der Waals surface area contributed by atoms with Crippen LogP contribution in [0.1, 0.15) is 26.7 Å². The molecule has 0 saturated heterocycles. The normalized spacial score (nSPS) is 12.4. The fourth-order valence-corrected chi connectivity index (χ4v) is 0.948. The van der Waals surface area contributed by atoms with E-state index in [2.05, 4.69) is 27.1 Å². The molecule has 0 aliphatic heterocycles. The standard InChI is InChI=1S/C9H22N4O3/c1-3-11-12-7-8(2)16-13-6-4-5-9(14)15-10/h8,11-13H,3-7,10H2,1-2H3. The van der Waals surface area contributed by atoms with Gasteiger partial charge in [-0.05, 0) is 13.3 Å². The van der Waals surface area contributed by atoms with E-state index in [0.29, 0.717) is 19.5 Å². The Bertz CT molecular complexity index is 180. The molecule has 0 saturated carbocycles. The Morgan fingerprint density at radius 3 is 2.81 bits per heavy atom. The van der Waals surface area contributed by atoms with Gasteiger partial charge in [0.25, 0.3) is 0 Å². The highest BCUT2D eigenvalue weighted by atomic mass is 16.7. The van der Waals surface area contributed by atoms with Crippen LogP contribution in [0.5, 0.6) is 0 Å². The molecule has 1 unspecified atom stereocenters. The Morgan fingerprint density at radius 2 is 2.19 bits per heavy atom. The molecule has 7 heteroatoms. The number of hydrogen-bond donors (Lipinski definition) is 4. The topological polar surface area (TPSA) is 97.6 Å². The van der Waals surface area contributed by atoms with E-state index in [0.717, 1.165) is 6.54 Å². The third kappa shape index (κ3) is 9.81. The lowest BCUT2D eigenvalue weighted by molar-refractivity contribution is -0.144. The van der Waals surface area contributed by atoms with Crippen molar-refractivity contribution in [3.63, 3.8) is 0 Å². The number of hydrazine groups is 1. The number of carbonyl (C=O) groups is 1. The van der Waals surface area contributed by atoms with Crippen molar-refractivity contribution in [2.45, 2.75) is 32.8 Å². The van der Waals surface area contributed by atoms with Crippen LogP contribution in [-0.2, 0) is 14.5 Å². The smallest absolute Gasteiger partial charge is 0.324 e. The minimum absolute atomic E-state index is 0.0421. The van der Waals surface area contributed by atoms with Crippen LogP contribution < -0.4 is 22.2 Å². The molecule has 0 aliphatic carbocycles. The molecule has 7 nitrogen and oxygen atoms in total. The summed E-state index contributed by atoms with van der Waals surface area (Å²) in [5, 5.41) is 0. The van der Waals surface area contributed by atoms with Crippen LogP contribution in [0.25, 0.3) is 0 Å². The summed E-state index contributed by atoms with van der Waals surface area (Å²) >= 11 is 0. The average molecular weight is 234 g/mol. The number of hydroxylamine groups is 1. The Morgan fingerprint density at radius 1 is 1.44 bits per heavy atom. The maximum absolute atomic E-state index is 10.6.